The van der Waals surface area contributed by atoms with Gasteiger partial charge in [0.15, 0.2) is 6.61 Å². The number of imide groups is 1. The molecule has 27 heteroatoms. The van der Waals surface area contributed by atoms with Crippen LogP contribution >= 0.6 is 27.4 Å². The number of methoxy groups -OCH3 is 1. The molecule has 0 aliphatic carbocycles. The number of likely N-dealkylation sites (N-methyl/N-ethyl adjacent to an activating group) is 2. The predicted octanol–water partition coefficient (Wildman–Crippen LogP) is 4.25. The average molecular weight is 1070 g/mol. The van der Waals surface area contributed by atoms with E-state index >= 15 is 0 Å². The molecule has 3 atom stereocenters. The molecule has 1 heterocycles. The molecule has 3 unspecified atom stereocenters. The van der Waals surface area contributed by atoms with Gasteiger partial charge < -0.3 is 54.7 Å². The monoisotopic (exact) mass is 1070 g/mol. The highest BCUT2D eigenvalue weighted by molar-refractivity contribution is 7.98. The van der Waals surface area contributed by atoms with Crippen molar-refractivity contribution < 1.29 is 84.8 Å². The van der Waals surface area contributed by atoms with Gasteiger partial charge in [-0.05, 0) is 78.3 Å². The summed E-state index contributed by atoms with van der Waals surface area (Å²) in [7, 11) is -3.86. The van der Waals surface area contributed by atoms with E-state index in [0.717, 1.165) is 22.6 Å². The van der Waals surface area contributed by atoms with Gasteiger partial charge in [-0.15, -0.1) is 0 Å². The van der Waals surface area contributed by atoms with E-state index in [-0.39, 0.29) is 42.2 Å². The topological polar surface area (TPSA) is 313 Å². The lowest BCUT2D eigenvalue weighted by atomic mass is 10.0. The summed E-state index contributed by atoms with van der Waals surface area (Å²) >= 11 is 1.30. The molecule has 0 bridgehead atoms. The Morgan fingerprint density at radius 3 is 2.11 bits per heavy atom. The lowest BCUT2D eigenvalue weighted by molar-refractivity contribution is -0.133. The maximum atomic E-state index is 14.5. The van der Waals surface area contributed by atoms with E-state index < -0.39 is 119 Å². The number of carbonyl (C=O) groups is 7. The Morgan fingerprint density at radius 2 is 1.53 bits per heavy atom. The molecule has 3 aromatic carbocycles. The van der Waals surface area contributed by atoms with Crippen LogP contribution in [-0.2, 0) is 64.4 Å². The van der Waals surface area contributed by atoms with Crippen LogP contribution in [0.3, 0.4) is 0 Å². The number of hydrogen-bond acceptors (Lipinski definition) is 17. The highest BCUT2D eigenvalue weighted by atomic mass is 32.2. The molecule has 0 spiro atoms. The molecule has 0 radical (unpaired) electrons. The number of urea groups is 1. The van der Waals surface area contributed by atoms with Crippen molar-refractivity contribution in [3.05, 3.63) is 89.5 Å². The summed E-state index contributed by atoms with van der Waals surface area (Å²) in [6.07, 6.45) is -0.854. The summed E-state index contributed by atoms with van der Waals surface area (Å²) < 4.78 is 61.0. The summed E-state index contributed by atoms with van der Waals surface area (Å²) in [6, 6.07) is 13.5. The fourth-order valence-corrected chi connectivity index (χ4v) is 8.86. The van der Waals surface area contributed by atoms with Crippen molar-refractivity contribution in [3.63, 3.8) is 0 Å². The van der Waals surface area contributed by atoms with Crippen molar-refractivity contribution in [2.75, 3.05) is 65.4 Å². The van der Waals surface area contributed by atoms with Crippen molar-refractivity contribution in [1.82, 2.24) is 25.8 Å². The van der Waals surface area contributed by atoms with E-state index in [1.54, 1.807) is 42.7 Å². The normalized spacial score (nSPS) is 16.7. The summed E-state index contributed by atoms with van der Waals surface area (Å²) in [4.78, 5) is 116. The molecule has 1 aliphatic rings. The average Bonchev–Trinajstić information content (AvgIpc) is 3.33. The van der Waals surface area contributed by atoms with Crippen LogP contribution in [0.25, 0.3) is 0 Å². The molecule has 7 amide bonds. The van der Waals surface area contributed by atoms with Crippen molar-refractivity contribution >= 4 is 74.8 Å². The number of rotatable bonds is 24. The maximum Gasteiger partial charge on any atom is 0.530 e. The molecule has 1 saturated heterocycles. The van der Waals surface area contributed by atoms with Gasteiger partial charge in [0.05, 0.1) is 20.3 Å². The number of esters is 1. The fourth-order valence-electron chi connectivity index (χ4n) is 6.61. The van der Waals surface area contributed by atoms with Crippen LogP contribution in [0.15, 0.2) is 72.8 Å². The lowest BCUT2D eigenvalue weighted by Gasteiger charge is -2.31. The van der Waals surface area contributed by atoms with Crippen molar-refractivity contribution in [3.8, 4) is 11.5 Å². The molecule has 0 saturated carbocycles. The molecular formula is C45H60N6O18P2S. The molecular weight excluding hydrogens is 1010 g/mol. The minimum atomic E-state index is -4.98. The third-order valence-electron chi connectivity index (χ3n) is 10.3. The Kier molecular flexibility index (Phi) is 22.5. The minimum absolute atomic E-state index is 0.0379. The molecule has 1 fully saturated rings. The van der Waals surface area contributed by atoms with E-state index in [4.69, 9.17) is 37.6 Å². The summed E-state index contributed by atoms with van der Waals surface area (Å²) in [5, 5.41) is 10.6. The predicted molar refractivity (Wildman–Crippen MR) is 261 cm³/mol. The van der Waals surface area contributed by atoms with E-state index in [1.807, 2.05) is 19.9 Å². The third kappa shape index (κ3) is 18.5. The number of nitrogens with zero attached hydrogens (tertiary/aromatic N) is 2. The molecule has 4 rings (SSSR count). The zero-order chi connectivity index (χ0) is 53.2. The highest BCUT2D eigenvalue weighted by Gasteiger charge is 2.41. The molecule has 1 aliphatic heterocycles. The van der Waals surface area contributed by atoms with Crippen LogP contribution in [0.1, 0.15) is 48.2 Å². The Bertz CT molecular complexity index is 2450. The molecule has 394 valence electrons. The van der Waals surface area contributed by atoms with Gasteiger partial charge in [0, 0.05) is 33.3 Å². The number of hydrogen-bond donors (Lipinski definition) is 6. The van der Waals surface area contributed by atoms with E-state index in [9.17, 15) is 42.7 Å². The summed E-state index contributed by atoms with van der Waals surface area (Å²) in [5.74, 6) is -3.84. The van der Waals surface area contributed by atoms with Crippen LogP contribution < -0.4 is 30.5 Å². The number of ether oxygens (including phenoxy) is 3. The van der Waals surface area contributed by atoms with Gasteiger partial charge in [-0.1, -0.05) is 50.2 Å². The first kappa shape index (κ1) is 58.5. The Morgan fingerprint density at radius 1 is 0.875 bits per heavy atom. The molecule has 72 heavy (non-hydrogen) atoms. The zero-order valence-corrected chi connectivity index (χ0v) is 43.2. The standard InChI is InChI=1S/C45H60N6O18P2S/c1-28(2)21-35(41(54)48-36(40(53)46-3)23-29-11-9-8-10-12-29)49-42(55)37(19-20-72-7)51(44(57)47-31-14-16-32(63-6)17-15-31)45(58)65-24-30-13-18-38(34(22-30)43(56)64-27-39(52)50(4)5)69-71(62)66-25-33(26-67-71)68-70(59,60)61/h8-18,22,28,33,35-37H,19-21,23-27H2,1-7H3,(H,46,53)(H,47,57)(H,48,54)(H,49,55)(H2,59,60,61). The lowest BCUT2D eigenvalue weighted by Crippen LogP contribution is -2.59. The Labute approximate surface area is 420 Å². The molecule has 0 aromatic heterocycles. The van der Waals surface area contributed by atoms with Crippen LogP contribution in [0.2, 0.25) is 0 Å². The van der Waals surface area contributed by atoms with Gasteiger partial charge in [-0.3, -0.25) is 32.7 Å². The zero-order valence-electron chi connectivity index (χ0n) is 40.6. The van der Waals surface area contributed by atoms with Crippen LogP contribution in [0.4, 0.5) is 15.3 Å². The Hall–Kier alpha value is -6.04. The second kappa shape index (κ2) is 27.7. The molecule has 6 N–H and O–H groups in total. The maximum absolute atomic E-state index is 14.5. The first-order chi connectivity index (χ1) is 34.0. The number of amides is 7. The first-order valence-corrected chi connectivity index (χ1v) is 26.5. The second-order valence-electron chi connectivity index (χ2n) is 16.5. The number of phosphoric ester groups is 2. The van der Waals surface area contributed by atoms with Gasteiger partial charge in [-0.25, -0.2) is 28.4 Å². The minimum Gasteiger partial charge on any atom is -0.497 e. The smallest absolute Gasteiger partial charge is 0.497 e. The van der Waals surface area contributed by atoms with Crippen molar-refractivity contribution in [1.29, 1.82) is 0 Å². The quantitative estimate of drug-likeness (QED) is 0.0539. The summed E-state index contributed by atoms with van der Waals surface area (Å²) in [6.45, 7) is 0.909. The number of anilines is 1. The van der Waals surface area contributed by atoms with Gasteiger partial charge in [0.2, 0.25) is 17.7 Å². The number of thioether (sulfide) groups is 1. The van der Waals surface area contributed by atoms with Crippen LogP contribution in [0, 0.1) is 5.92 Å². The van der Waals surface area contributed by atoms with Gasteiger partial charge in [0.1, 0.15) is 47.9 Å². The van der Waals surface area contributed by atoms with E-state index in [1.165, 1.54) is 58.2 Å². The van der Waals surface area contributed by atoms with Gasteiger partial charge in [-0.2, -0.15) is 11.8 Å². The first-order valence-electron chi connectivity index (χ1n) is 22.1. The molecule has 24 nitrogen and oxygen atoms in total. The van der Waals surface area contributed by atoms with Crippen LogP contribution in [-0.4, -0.2) is 146 Å². The van der Waals surface area contributed by atoms with Gasteiger partial charge in [0.25, 0.3) is 5.91 Å². The Balaban J connectivity index is 1.67. The highest BCUT2D eigenvalue weighted by Crippen LogP contribution is 2.54. The second-order valence-corrected chi connectivity index (χ2v) is 20.3. The SMILES string of the molecule is CNC(=O)C(Cc1ccccc1)NC(=O)C(CC(C)C)NC(=O)C(CCSC)N(C(=O)Nc1ccc(OC)cc1)C(=O)OCc1ccc(OP2(=O)OCC(OP(=O)(O)O)CO2)c(C(=O)OCC(=O)N(C)C)c1. The van der Waals surface area contributed by atoms with Gasteiger partial charge >= 0.3 is 33.7 Å². The van der Waals surface area contributed by atoms with Crippen molar-refractivity contribution in [2.45, 2.75) is 63.9 Å². The number of carbonyl (C=O) groups excluding carboxylic acids is 7. The van der Waals surface area contributed by atoms with Crippen LogP contribution in [0.5, 0.6) is 11.5 Å². The van der Waals surface area contributed by atoms with E-state index in [2.05, 4.69) is 25.8 Å². The van der Waals surface area contributed by atoms with E-state index in [0.29, 0.717) is 10.6 Å². The van der Waals surface area contributed by atoms with Crippen molar-refractivity contribution in [2.24, 2.45) is 5.92 Å². The fraction of sp³-hybridized carbons (Fsp3) is 0.444. The summed E-state index contributed by atoms with van der Waals surface area (Å²) in [5.41, 5.74) is 0.515. The number of nitrogens with one attached hydrogen (secondary N) is 4. The third-order valence-corrected chi connectivity index (χ3v) is 12.8. The number of benzene rings is 3. The number of phosphoric acid groups is 2. The molecule has 3 aromatic rings. The largest absolute Gasteiger partial charge is 0.530 e.